The highest BCUT2D eigenvalue weighted by Gasteiger charge is 2.60. The minimum absolute atomic E-state index is 0.00506. The molecule has 17 heteroatoms. The van der Waals surface area contributed by atoms with Crippen molar-refractivity contribution in [3.63, 3.8) is 0 Å². The maximum atomic E-state index is 13.5. The van der Waals surface area contributed by atoms with Gasteiger partial charge in [-0.25, -0.2) is 9.59 Å². The number of alkyl halides is 9. The fourth-order valence-electron chi connectivity index (χ4n) is 5.66. The average Bonchev–Trinajstić information content (AvgIpc) is 3.27. The van der Waals surface area contributed by atoms with Crippen molar-refractivity contribution in [1.82, 2.24) is 9.80 Å². The van der Waals surface area contributed by atoms with E-state index >= 15 is 0 Å². The molecule has 4 rings (SSSR count). The first-order chi connectivity index (χ1) is 19.4. The number of halogens is 9. The molecule has 3 aliphatic heterocycles. The highest BCUT2D eigenvalue weighted by atomic mass is 19.4. The predicted molar refractivity (Wildman–Crippen MR) is 127 cm³/mol. The molecule has 3 heterocycles. The van der Waals surface area contributed by atoms with Gasteiger partial charge < -0.3 is 24.4 Å². The lowest BCUT2D eigenvalue weighted by Gasteiger charge is -2.39. The van der Waals surface area contributed by atoms with Gasteiger partial charge >= 0.3 is 30.6 Å². The number of morpholine rings is 1. The Morgan fingerprint density at radius 2 is 1.60 bits per heavy atom. The van der Waals surface area contributed by atoms with Crippen molar-refractivity contribution in [2.24, 2.45) is 5.41 Å². The molecule has 0 aliphatic carbocycles. The fourth-order valence-corrected chi connectivity index (χ4v) is 5.66. The van der Waals surface area contributed by atoms with Crippen molar-refractivity contribution in [2.75, 3.05) is 50.8 Å². The Morgan fingerprint density at radius 1 is 0.976 bits per heavy atom. The van der Waals surface area contributed by atoms with Crippen LogP contribution in [0.2, 0.25) is 0 Å². The fraction of sp³-hybridized carbons (Fsp3) is 0.680. The number of likely N-dealkylation sites (tertiary alicyclic amines) is 2. The minimum atomic E-state index is -5.82. The molecule has 3 fully saturated rings. The maximum absolute atomic E-state index is 13.5. The SMILES string of the molecule is O=C(O)C1CN(c2cc(C(F)(F)F)ccc2CN2CCC3(CCN(C(=O)OC(C(F)(F)F)C(F)(F)F)CC3)C2)CCO1. The van der Waals surface area contributed by atoms with Gasteiger partial charge in [-0.2, -0.15) is 39.5 Å². The number of benzene rings is 1. The van der Waals surface area contributed by atoms with Gasteiger partial charge in [-0.15, -0.1) is 0 Å². The molecule has 3 aliphatic rings. The van der Waals surface area contributed by atoms with Crippen molar-refractivity contribution in [3.8, 4) is 0 Å². The van der Waals surface area contributed by atoms with Gasteiger partial charge in [0.15, 0.2) is 6.10 Å². The molecule has 0 radical (unpaired) electrons. The van der Waals surface area contributed by atoms with Gasteiger partial charge in [0.2, 0.25) is 0 Å². The van der Waals surface area contributed by atoms with Crippen LogP contribution in [0, 0.1) is 5.41 Å². The molecule has 1 atom stereocenters. The molecule has 1 amide bonds. The molecule has 0 bridgehead atoms. The van der Waals surface area contributed by atoms with E-state index in [2.05, 4.69) is 4.74 Å². The second kappa shape index (κ2) is 11.6. The van der Waals surface area contributed by atoms with E-state index in [1.807, 2.05) is 4.90 Å². The molecule has 236 valence electrons. The van der Waals surface area contributed by atoms with Gasteiger partial charge in [0, 0.05) is 38.4 Å². The number of carboxylic acids is 1. The molecule has 1 spiro atoms. The second-order valence-electron chi connectivity index (χ2n) is 10.8. The summed E-state index contributed by atoms with van der Waals surface area (Å²) in [5.74, 6) is -1.24. The Labute approximate surface area is 233 Å². The number of anilines is 1. The first-order valence-electron chi connectivity index (χ1n) is 13.0. The van der Waals surface area contributed by atoms with E-state index in [0.717, 1.165) is 17.0 Å². The lowest BCUT2D eigenvalue weighted by Crippen LogP contribution is -2.50. The maximum Gasteiger partial charge on any atom is 0.434 e. The molecule has 1 unspecified atom stereocenters. The summed E-state index contributed by atoms with van der Waals surface area (Å²) in [6.45, 7) is 0.956. The summed E-state index contributed by atoms with van der Waals surface area (Å²) in [6, 6.07) is 3.26. The van der Waals surface area contributed by atoms with Crippen LogP contribution in [0.25, 0.3) is 0 Å². The van der Waals surface area contributed by atoms with Crippen molar-refractivity contribution in [1.29, 1.82) is 0 Å². The van der Waals surface area contributed by atoms with Crippen LogP contribution in [0.15, 0.2) is 18.2 Å². The third-order valence-corrected chi connectivity index (χ3v) is 7.90. The molecule has 3 saturated heterocycles. The molecule has 42 heavy (non-hydrogen) atoms. The van der Waals surface area contributed by atoms with Crippen LogP contribution in [-0.4, -0.2) is 97.4 Å². The number of nitrogens with zero attached hydrogens (tertiary/aromatic N) is 3. The van der Waals surface area contributed by atoms with Crippen molar-refractivity contribution < 1.29 is 63.7 Å². The van der Waals surface area contributed by atoms with Crippen molar-refractivity contribution >= 4 is 17.7 Å². The Kier molecular flexibility index (Phi) is 8.84. The molecule has 1 N–H and O–H groups in total. The lowest BCUT2D eigenvalue weighted by molar-refractivity contribution is -0.308. The predicted octanol–water partition coefficient (Wildman–Crippen LogP) is 4.91. The first-order valence-corrected chi connectivity index (χ1v) is 13.0. The lowest BCUT2D eigenvalue weighted by atomic mass is 9.78. The Morgan fingerprint density at radius 3 is 2.17 bits per heavy atom. The van der Waals surface area contributed by atoms with E-state index in [1.165, 1.54) is 11.0 Å². The summed E-state index contributed by atoms with van der Waals surface area (Å²) in [4.78, 5) is 27.9. The molecule has 0 aromatic heterocycles. The van der Waals surface area contributed by atoms with Crippen LogP contribution in [0.1, 0.15) is 30.4 Å². The number of carbonyl (C=O) groups is 2. The molecular weight excluding hydrogens is 593 g/mol. The molecule has 1 aromatic rings. The Hall–Kier alpha value is -2.95. The van der Waals surface area contributed by atoms with E-state index in [4.69, 9.17) is 4.74 Å². The van der Waals surface area contributed by atoms with Gasteiger partial charge in [0.05, 0.1) is 18.7 Å². The summed E-state index contributed by atoms with van der Waals surface area (Å²) in [5, 5.41) is 9.32. The first kappa shape index (κ1) is 32.0. The number of hydrogen-bond acceptors (Lipinski definition) is 6. The van der Waals surface area contributed by atoms with Gasteiger partial charge in [0.25, 0.3) is 6.10 Å². The van der Waals surface area contributed by atoms with E-state index < -0.39 is 53.8 Å². The number of rotatable bonds is 5. The number of carboxylic acid groups (broad SMARTS) is 1. The standard InChI is InChI=1S/C25H28F9N3O5/c26-23(27,28)16-2-1-15(17(11-16)37-9-10-41-18(13-37)19(38)39)12-35-6-3-22(14-35)4-7-36(8-5-22)21(40)42-20(24(29,30)31)25(32,33)34/h1-2,11,18,20H,3-10,12-14H2,(H,38,39). The largest absolute Gasteiger partial charge is 0.479 e. The zero-order valence-electron chi connectivity index (χ0n) is 22.0. The van der Waals surface area contributed by atoms with Crippen LogP contribution in [0.3, 0.4) is 0 Å². The van der Waals surface area contributed by atoms with Gasteiger partial charge in [-0.1, -0.05) is 6.07 Å². The third kappa shape index (κ3) is 7.33. The number of carbonyl (C=O) groups excluding carboxylic acids is 1. The van der Waals surface area contributed by atoms with Gasteiger partial charge in [0.1, 0.15) is 0 Å². The van der Waals surface area contributed by atoms with E-state index in [1.54, 1.807) is 0 Å². The summed E-state index contributed by atoms with van der Waals surface area (Å²) in [6.07, 6.45) is -22.2. The average molecular weight is 621 g/mol. The van der Waals surface area contributed by atoms with Crippen molar-refractivity contribution in [3.05, 3.63) is 29.3 Å². The number of aliphatic carboxylic acids is 1. The van der Waals surface area contributed by atoms with Crippen LogP contribution in [0.4, 0.5) is 50.0 Å². The van der Waals surface area contributed by atoms with Gasteiger partial charge in [-0.3, -0.25) is 4.90 Å². The smallest absolute Gasteiger partial charge is 0.434 e. The van der Waals surface area contributed by atoms with Crippen LogP contribution >= 0.6 is 0 Å². The summed E-state index contributed by atoms with van der Waals surface area (Å²) < 4.78 is 126. The zero-order valence-corrected chi connectivity index (χ0v) is 22.0. The van der Waals surface area contributed by atoms with Crippen LogP contribution < -0.4 is 4.90 Å². The third-order valence-electron chi connectivity index (χ3n) is 7.90. The summed E-state index contributed by atoms with van der Waals surface area (Å²) >= 11 is 0. The van der Waals surface area contributed by atoms with Gasteiger partial charge in [-0.05, 0) is 48.9 Å². The number of piperidine rings is 1. The van der Waals surface area contributed by atoms with E-state index in [-0.39, 0.29) is 57.9 Å². The number of ether oxygens (including phenoxy) is 2. The highest BCUT2D eigenvalue weighted by molar-refractivity contribution is 5.74. The number of hydrogen-bond donors (Lipinski definition) is 1. The van der Waals surface area contributed by atoms with E-state index in [9.17, 15) is 54.2 Å². The molecule has 8 nitrogen and oxygen atoms in total. The minimum Gasteiger partial charge on any atom is -0.479 e. The van der Waals surface area contributed by atoms with Crippen molar-refractivity contribution in [2.45, 2.75) is 56.5 Å². The Bertz CT molecular complexity index is 1140. The number of amides is 1. The van der Waals surface area contributed by atoms with E-state index in [0.29, 0.717) is 25.1 Å². The highest BCUT2D eigenvalue weighted by Crippen LogP contribution is 2.43. The van der Waals surface area contributed by atoms with Crippen LogP contribution in [-0.2, 0) is 27.0 Å². The van der Waals surface area contributed by atoms with Crippen LogP contribution in [0.5, 0.6) is 0 Å². The Balaban J connectivity index is 1.42. The monoisotopic (exact) mass is 621 g/mol. The molecule has 1 aromatic carbocycles. The normalized spacial score (nSPS) is 22.2. The summed E-state index contributed by atoms with van der Waals surface area (Å²) in [7, 11) is 0. The summed E-state index contributed by atoms with van der Waals surface area (Å²) in [5.41, 5.74) is -0.543. The second-order valence-corrected chi connectivity index (χ2v) is 10.8. The zero-order chi connectivity index (χ0) is 31.1. The molecule has 0 saturated carbocycles. The topological polar surface area (TPSA) is 82.6 Å². The molecular formula is C25H28F9N3O5. The quantitative estimate of drug-likeness (QED) is 0.468.